The highest BCUT2D eigenvalue weighted by molar-refractivity contribution is 7.93. The molecule has 1 aromatic carbocycles. The lowest BCUT2D eigenvalue weighted by Crippen LogP contribution is -2.49. The average molecular weight is 337 g/mol. The third-order valence-corrected chi connectivity index (χ3v) is 6.53. The van der Waals surface area contributed by atoms with Gasteiger partial charge in [0.1, 0.15) is 0 Å². The molecule has 7 nitrogen and oxygen atoms in total. The first-order valence-electron chi connectivity index (χ1n) is 6.75. The number of fused-ring (bicyclic) bond motifs is 1. The SMILES string of the molecule is COC(=O)c1ccc2c(c1)CCC(CC#N)(C(=O)OC)S2(=O)=O. The summed E-state index contributed by atoms with van der Waals surface area (Å²) < 4.78 is 33.1. The Morgan fingerprint density at radius 3 is 2.57 bits per heavy atom. The molecule has 1 aliphatic rings. The summed E-state index contributed by atoms with van der Waals surface area (Å²) >= 11 is 0. The van der Waals surface area contributed by atoms with Gasteiger partial charge in [0.2, 0.25) is 0 Å². The van der Waals surface area contributed by atoms with Crippen LogP contribution in [-0.4, -0.2) is 39.3 Å². The van der Waals surface area contributed by atoms with E-state index in [9.17, 15) is 18.0 Å². The number of methoxy groups -OCH3 is 2. The fourth-order valence-electron chi connectivity index (χ4n) is 2.74. The molecule has 0 saturated heterocycles. The van der Waals surface area contributed by atoms with E-state index in [4.69, 9.17) is 5.26 Å². The second-order valence-corrected chi connectivity index (χ2v) is 7.37. The van der Waals surface area contributed by atoms with Crippen molar-refractivity contribution < 1.29 is 27.5 Å². The van der Waals surface area contributed by atoms with E-state index in [0.29, 0.717) is 5.56 Å². The second-order valence-electron chi connectivity index (χ2n) is 5.14. The molecule has 0 amide bonds. The third kappa shape index (κ3) is 2.47. The van der Waals surface area contributed by atoms with Gasteiger partial charge in [-0.05, 0) is 36.6 Å². The van der Waals surface area contributed by atoms with Crippen molar-refractivity contribution in [2.24, 2.45) is 0 Å². The van der Waals surface area contributed by atoms with E-state index in [1.807, 2.05) is 0 Å². The quantitative estimate of drug-likeness (QED) is 0.757. The zero-order chi connectivity index (χ0) is 17.3. The predicted octanol–water partition coefficient (Wildman–Crippen LogP) is 1.02. The molecule has 1 atom stereocenters. The normalized spacial score (nSPS) is 21.6. The number of carbonyl (C=O) groups is 2. The van der Waals surface area contributed by atoms with Crippen LogP contribution in [0.4, 0.5) is 0 Å². The minimum atomic E-state index is -4.12. The van der Waals surface area contributed by atoms with Crippen LogP contribution in [-0.2, 0) is 30.5 Å². The number of carbonyl (C=O) groups excluding carboxylic acids is 2. The number of rotatable bonds is 3. The van der Waals surface area contributed by atoms with E-state index in [1.165, 1.54) is 25.3 Å². The first-order valence-corrected chi connectivity index (χ1v) is 8.23. The molecule has 0 fully saturated rings. The minimum absolute atomic E-state index is 0.0583. The Hall–Kier alpha value is -2.40. The highest BCUT2D eigenvalue weighted by Gasteiger charge is 2.55. The monoisotopic (exact) mass is 337 g/mol. The lowest BCUT2D eigenvalue weighted by Gasteiger charge is -2.33. The number of nitrogens with zero attached hydrogens (tertiary/aromatic N) is 1. The Bertz CT molecular complexity index is 808. The van der Waals surface area contributed by atoms with Gasteiger partial charge in [0, 0.05) is 0 Å². The molecule has 0 aliphatic carbocycles. The van der Waals surface area contributed by atoms with Crippen molar-refractivity contribution in [1.29, 1.82) is 5.26 Å². The molecular weight excluding hydrogens is 322 g/mol. The Morgan fingerprint density at radius 2 is 2.00 bits per heavy atom. The van der Waals surface area contributed by atoms with Crippen LogP contribution in [0.5, 0.6) is 0 Å². The molecule has 0 spiro atoms. The zero-order valence-electron chi connectivity index (χ0n) is 12.7. The van der Waals surface area contributed by atoms with Crippen LogP contribution in [0, 0.1) is 11.3 Å². The van der Waals surface area contributed by atoms with E-state index in [1.54, 1.807) is 6.07 Å². The van der Waals surface area contributed by atoms with Gasteiger partial charge in [-0.25, -0.2) is 13.2 Å². The third-order valence-electron chi connectivity index (χ3n) is 4.01. The largest absolute Gasteiger partial charge is 0.468 e. The zero-order valence-corrected chi connectivity index (χ0v) is 13.5. The molecule has 0 radical (unpaired) electrons. The number of benzene rings is 1. The van der Waals surface area contributed by atoms with Crippen molar-refractivity contribution >= 4 is 21.8 Å². The highest BCUT2D eigenvalue weighted by atomic mass is 32.2. The molecule has 1 heterocycles. The van der Waals surface area contributed by atoms with Crippen LogP contribution in [0.25, 0.3) is 0 Å². The van der Waals surface area contributed by atoms with Gasteiger partial charge < -0.3 is 9.47 Å². The molecule has 1 aliphatic heterocycles. The van der Waals surface area contributed by atoms with Gasteiger partial charge in [0.25, 0.3) is 0 Å². The van der Waals surface area contributed by atoms with E-state index < -0.39 is 32.9 Å². The summed E-state index contributed by atoms with van der Waals surface area (Å²) in [6.07, 6.45) is -0.330. The van der Waals surface area contributed by atoms with Crippen molar-refractivity contribution in [3.63, 3.8) is 0 Å². The molecular formula is C15H15NO6S. The average Bonchev–Trinajstić information content (AvgIpc) is 2.55. The van der Waals surface area contributed by atoms with Gasteiger partial charge in [-0.15, -0.1) is 0 Å². The Kier molecular flexibility index (Phi) is 4.43. The van der Waals surface area contributed by atoms with Crippen molar-refractivity contribution in [3.05, 3.63) is 29.3 Å². The number of nitriles is 1. The molecule has 23 heavy (non-hydrogen) atoms. The van der Waals surface area contributed by atoms with Crippen LogP contribution in [0.15, 0.2) is 23.1 Å². The second kappa shape index (κ2) is 6.01. The van der Waals surface area contributed by atoms with Crippen LogP contribution in [0.3, 0.4) is 0 Å². The van der Waals surface area contributed by atoms with Crippen molar-refractivity contribution in [2.75, 3.05) is 14.2 Å². The predicted molar refractivity (Wildman–Crippen MR) is 78.3 cm³/mol. The summed E-state index contributed by atoms with van der Waals surface area (Å²) in [6, 6.07) is 5.79. The maximum Gasteiger partial charge on any atom is 0.337 e. The molecule has 1 unspecified atom stereocenters. The molecule has 1 aromatic rings. The number of aryl methyl sites for hydroxylation is 1. The van der Waals surface area contributed by atoms with Crippen molar-refractivity contribution in [1.82, 2.24) is 0 Å². The summed E-state index contributed by atoms with van der Waals surface area (Å²) in [6.45, 7) is 0. The van der Waals surface area contributed by atoms with Crippen LogP contribution in [0.2, 0.25) is 0 Å². The van der Waals surface area contributed by atoms with Crippen molar-refractivity contribution in [2.45, 2.75) is 28.9 Å². The fourth-order valence-corrected chi connectivity index (χ4v) is 4.85. The first kappa shape index (κ1) is 17.0. The number of esters is 2. The van der Waals surface area contributed by atoms with Gasteiger partial charge in [0.15, 0.2) is 14.6 Å². The lowest BCUT2D eigenvalue weighted by atomic mass is 9.94. The summed E-state index contributed by atoms with van der Waals surface area (Å²) in [5.74, 6) is -1.52. The van der Waals surface area contributed by atoms with Gasteiger partial charge in [-0.3, -0.25) is 4.79 Å². The molecule has 0 bridgehead atoms. The fraction of sp³-hybridized carbons (Fsp3) is 0.400. The smallest absolute Gasteiger partial charge is 0.337 e. The van der Waals surface area contributed by atoms with E-state index in [2.05, 4.69) is 9.47 Å². The first-order chi connectivity index (χ1) is 10.8. The topological polar surface area (TPSA) is 111 Å². The maximum atomic E-state index is 12.9. The maximum absolute atomic E-state index is 12.9. The molecule has 8 heteroatoms. The number of hydrogen-bond acceptors (Lipinski definition) is 7. The molecule has 0 aromatic heterocycles. The van der Waals surface area contributed by atoms with E-state index in [-0.39, 0.29) is 23.3 Å². The molecule has 122 valence electrons. The van der Waals surface area contributed by atoms with Crippen LogP contribution >= 0.6 is 0 Å². The Balaban J connectivity index is 2.62. The lowest BCUT2D eigenvalue weighted by molar-refractivity contribution is -0.144. The van der Waals surface area contributed by atoms with Crippen molar-refractivity contribution in [3.8, 4) is 6.07 Å². The highest BCUT2D eigenvalue weighted by Crippen LogP contribution is 2.41. The number of sulfone groups is 1. The summed E-state index contributed by atoms with van der Waals surface area (Å²) in [4.78, 5) is 23.6. The summed E-state index contributed by atoms with van der Waals surface area (Å²) in [7, 11) is -1.80. The van der Waals surface area contributed by atoms with Gasteiger partial charge >= 0.3 is 11.9 Å². The molecule has 2 rings (SSSR count). The van der Waals surface area contributed by atoms with Crippen LogP contribution < -0.4 is 0 Å². The van der Waals surface area contributed by atoms with E-state index >= 15 is 0 Å². The standard InChI is InChI=1S/C15H15NO6S/c1-21-13(17)11-3-4-12-10(9-11)5-6-15(7-8-16,14(18)22-2)23(12,19)20/h3-4,9H,5-7H2,1-2H3. The van der Waals surface area contributed by atoms with Gasteiger partial charge in [0.05, 0.1) is 37.2 Å². The summed E-state index contributed by atoms with van der Waals surface area (Å²) in [5.41, 5.74) is 0.651. The number of hydrogen-bond donors (Lipinski definition) is 0. The van der Waals surface area contributed by atoms with Gasteiger partial charge in [-0.2, -0.15) is 5.26 Å². The summed E-state index contributed by atoms with van der Waals surface area (Å²) in [5, 5.41) is 8.97. The number of ether oxygens (including phenoxy) is 2. The van der Waals surface area contributed by atoms with Crippen LogP contribution in [0.1, 0.15) is 28.8 Å². The Morgan fingerprint density at radius 1 is 1.30 bits per heavy atom. The molecule has 0 saturated carbocycles. The molecule has 0 N–H and O–H groups in total. The minimum Gasteiger partial charge on any atom is -0.468 e. The van der Waals surface area contributed by atoms with Gasteiger partial charge in [-0.1, -0.05) is 0 Å². The Labute approximate surface area is 133 Å². The van der Waals surface area contributed by atoms with E-state index in [0.717, 1.165) is 7.11 Å².